The minimum atomic E-state index is -2.95. The van der Waals surface area contributed by atoms with Gasteiger partial charge in [0.1, 0.15) is 12.1 Å². The number of nitrogens with one attached hydrogen (secondary N) is 1. The van der Waals surface area contributed by atoms with E-state index in [-0.39, 0.29) is 11.3 Å². The van der Waals surface area contributed by atoms with Crippen molar-refractivity contribution in [1.82, 2.24) is 20.2 Å². The van der Waals surface area contributed by atoms with Gasteiger partial charge in [0, 0.05) is 11.3 Å². The van der Waals surface area contributed by atoms with E-state index in [1.807, 2.05) is 6.92 Å². The number of aromatic nitrogens is 4. The summed E-state index contributed by atoms with van der Waals surface area (Å²) < 4.78 is 30.4. The number of tetrazole rings is 1. The second kappa shape index (κ2) is 7.04. The van der Waals surface area contributed by atoms with E-state index in [0.29, 0.717) is 11.4 Å². The fourth-order valence-corrected chi connectivity index (χ4v) is 2.29. The van der Waals surface area contributed by atoms with Crippen LogP contribution in [0.1, 0.15) is 15.9 Å². The van der Waals surface area contributed by atoms with Crippen molar-refractivity contribution in [3.05, 3.63) is 59.9 Å². The van der Waals surface area contributed by atoms with Crippen LogP contribution in [0.3, 0.4) is 0 Å². The van der Waals surface area contributed by atoms with Crippen molar-refractivity contribution in [2.75, 3.05) is 5.32 Å². The molecule has 7 nitrogen and oxygen atoms in total. The van der Waals surface area contributed by atoms with E-state index in [9.17, 15) is 13.6 Å². The number of hydrogen-bond donors (Lipinski definition) is 1. The number of nitrogens with zero attached hydrogens (tertiary/aromatic N) is 4. The van der Waals surface area contributed by atoms with Crippen LogP contribution in [0.15, 0.2) is 48.8 Å². The highest BCUT2D eigenvalue weighted by Gasteiger charge is 2.13. The standard InChI is InChI=1S/C16H13F2N5O2/c1-10-13(6-3-7-14(10)23-9-19-21-22-23)20-15(24)11-4-2-5-12(8-11)25-16(17)18/h2-9,16H,1H3,(H,20,24). The van der Waals surface area contributed by atoms with Crippen LogP contribution in [0.2, 0.25) is 0 Å². The number of benzene rings is 2. The molecule has 1 amide bonds. The molecule has 3 rings (SSSR count). The largest absolute Gasteiger partial charge is 0.435 e. The third kappa shape index (κ3) is 3.77. The van der Waals surface area contributed by atoms with E-state index in [1.165, 1.54) is 35.3 Å². The molecule has 0 saturated heterocycles. The van der Waals surface area contributed by atoms with Crippen molar-refractivity contribution < 1.29 is 18.3 Å². The maximum Gasteiger partial charge on any atom is 0.387 e. The number of rotatable bonds is 5. The van der Waals surface area contributed by atoms with Gasteiger partial charge in [-0.05, 0) is 53.2 Å². The van der Waals surface area contributed by atoms with Crippen molar-refractivity contribution >= 4 is 11.6 Å². The minimum Gasteiger partial charge on any atom is -0.435 e. The molecule has 0 saturated carbocycles. The number of anilines is 1. The molecule has 0 bridgehead atoms. The SMILES string of the molecule is Cc1c(NC(=O)c2cccc(OC(F)F)c2)cccc1-n1cnnn1. The number of carbonyl (C=O) groups excluding carboxylic acids is 1. The number of hydrogen-bond acceptors (Lipinski definition) is 5. The molecule has 0 atom stereocenters. The molecular weight excluding hydrogens is 332 g/mol. The van der Waals surface area contributed by atoms with E-state index in [1.54, 1.807) is 18.2 Å². The van der Waals surface area contributed by atoms with Crippen LogP contribution in [0.5, 0.6) is 5.75 Å². The molecule has 1 heterocycles. The fourth-order valence-electron chi connectivity index (χ4n) is 2.29. The molecule has 0 radical (unpaired) electrons. The lowest BCUT2D eigenvalue weighted by Crippen LogP contribution is -2.14. The Bertz CT molecular complexity index is 884. The molecular formula is C16H13F2N5O2. The van der Waals surface area contributed by atoms with Crippen LogP contribution in [0, 0.1) is 6.92 Å². The molecule has 0 unspecified atom stereocenters. The number of carbonyl (C=O) groups is 1. The van der Waals surface area contributed by atoms with Crippen LogP contribution in [-0.2, 0) is 0 Å². The molecule has 0 aliphatic rings. The summed E-state index contributed by atoms with van der Waals surface area (Å²) in [5.41, 5.74) is 2.21. The Morgan fingerprint density at radius 2 is 2.04 bits per heavy atom. The van der Waals surface area contributed by atoms with Crippen molar-refractivity contribution in [2.24, 2.45) is 0 Å². The van der Waals surface area contributed by atoms with Crippen molar-refractivity contribution in [2.45, 2.75) is 13.5 Å². The van der Waals surface area contributed by atoms with E-state index in [2.05, 4.69) is 25.6 Å². The van der Waals surface area contributed by atoms with Crippen molar-refractivity contribution in [3.63, 3.8) is 0 Å². The van der Waals surface area contributed by atoms with Crippen LogP contribution in [0.25, 0.3) is 5.69 Å². The zero-order chi connectivity index (χ0) is 17.8. The first-order chi connectivity index (χ1) is 12.0. The normalized spacial score (nSPS) is 10.7. The van der Waals surface area contributed by atoms with Crippen molar-refractivity contribution in [3.8, 4) is 11.4 Å². The quantitative estimate of drug-likeness (QED) is 0.769. The average molecular weight is 345 g/mol. The van der Waals surface area contributed by atoms with Gasteiger partial charge in [0.25, 0.3) is 5.91 Å². The first kappa shape index (κ1) is 16.5. The van der Waals surface area contributed by atoms with E-state index in [0.717, 1.165) is 5.56 Å². The van der Waals surface area contributed by atoms with Crippen LogP contribution in [0.4, 0.5) is 14.5 Å². The van der Waals surface area contributed by atoms with Gasteiger partial charge < -0.3 is 10.1 Å². The maximum atomic E-state index is 12.4. The third-order valence-electron chi connectivity index (χ3n) is 3.47. The Balaban J connectivity index is 1.83. The van der Waals surface area contributed by atoms with Gasteiger partial charge in [-0.1, -0.05) is 12.1 Å². The Morgan fingerprint density at radius 1 is 1.24 bits per heavy atom. The summed E-state index contributed by atoms with van der Waals surface area (Å²) in [5, 5.41) is 13.7. The van der Waals surface area contributed by atoms with Gasteiger partial charge in [-0.2, -0.15) is 8.78 Å². The second-order valence-corrected chi connectivity index (χ2v) is 5.06. The first-order valence-corrected chi connectivity index (χ1v) is 7.24. The van der Waals surface area contributed by atoms with Crippen molar-refractivity contribution in [1.29, 1.82) is 0 Å². The molecule has 0 aliphatic heterocycles. The summed E-state index contributed by atoms with van der Waals surface area (Å²) in [6.45, 7) is -1.14. The summed E-state index contributed by atoms with van der Waals surface area (Å²) in [5.74, 6) is -0.529. The molecule has 0 fully saturated rings. The molecule has 128 valence electrons. The predicted molar refractivity (Wildman–Crippen MR) is 84.9 cm³/mol. The van der Waals surface area contributed by atoms with E-state index < -0.39 is 12.5 Å². The first-order valence-electron chi connectivity index (χ1n) is 7.24. The van der Waals surface area contributed by atoms with Crippen LogP contribution < -0.4 is 10.1 Å². The number of ether oxygens (including phenoxy) is 1. The highest BCUT2D eigenvalue weighted by molar-refractivity contribution is 6.05. The number of amides is 1. The van der Waals surface area contributed by atoms with Gasteiger partial charge in [-0.25, -0.2) is 4.68 Å². The monoisotopic (exact) mass is 345 g/mol. The molecule has 3 aromatic rings. The summed E-state index contributed by atoms with van der Waals surface area (Å²) in [4.78, 5) is 12.4. The zero-order valence-corrected chi connectivity index (χ0v) is 13.1. The Kier molecular flexibility index (Phi) is 4.64. The zero-order valence-electron chi connectivity index (χ0n) is 13.1. The van der Waals surface area contributed by atoms with Gasteiger partial charge in [-0.15, -0.1) is 5.10 Å². The lowest BCUT2D eigenvalue weighted by Gasteiger charge is -2.12. The molecule has 0 spiro atoms. The molecule has 9 heteroatoms. The Morgan fingerprint density at radius 3 is 2.76 bits per heavy atom. The van der Waals surface area contributed by atoms with Gasteiger partial charge in [0.15, 0.2) is 0 Å². The topological polar surface area (TPSA) is 81.9 Å². The summed E-state index contributed by atoms with van der Waals surface area (Å²) in [6, 6.07) is 10.9. The van der Waals surface area contributed by atoms with E-state index in [4.69, 9.17) is 0 Å². The van der Waals surface area contributed by atoms with Gasteiger partial charge in [-0.3, -0.25) is 4.79 Å². The molecule has 1 aromatic heterocycles. The maximum absolute atomic E-state index is 12.4. The molecule has 0 aliphatic carbocycles. The fraction of sp³-hybridized carbons (Fsp3) is 0.125. The Labute approximate surface area is 141 Å². The summed E-state index contributed by atoms with van der Waals surface area (Å²) >= 11 is 0. The lowest BCUT2D eigenvalue weighted by molar-refractivity contribution is -0.0498. The van der Waals surface area contributed by atoms with Crippen LogP contribution >= 0.6 is 0 Å². The van der Waals surface area contributed by atoms with Gasteiger partial charge >= 0.3 is 6.61 Å². The molecule has 1 N–H and O–H groups in total. The average Bonchev–Trinajstić information content (AvgIpc) is 3.10. The summed E-state index contributed by atoms with van der Waals surface area (Å²) in [6.07, 6.45) is 1.44. The van der Waals surface area contributed by atoms with Gasteiger partial charge in [0.05, 0.1) is 5.69 Å². The number of halogens is 2. The molecule has 2 aromatic carbocycles. The minimum absolute atomic E-state index is 0.0817. The highest BCUT2D eigenvalue weighted by Crippen LogP contribution is 2.23. The predicted octanol–water partition coefficient (Wildman–Crippen LogP) is 2.82. The highest BCUT2D eigenvalue weighted by atomic mass is 19.3. The third-order valence-corrected chi connectivity index (χ3v) is 3.47. The summed E-state index contributed by atoms with van der Waals surface area (Å²) in [7, 11) is 0. The number of alkyl halides is 2. The lowest BCUT2D eigenvalue weighted by atomic mass is 10.1. The Hall–Kier alpha value is -3.36. The smallest absolute Gasteiger partial charge is 0.387 e. The second-order valence-electron chi connectivity index (χ2n) is 5.06. The van der Waals surface area contributed by atoms with Gasteiger partial charge in [0.2, 0.25) is 0 Å². The molecule has 25 heavy (non-hydrogen) atoms. The van der Waals surface area contributed by atoms with E-state index >= 15 is 0 Å². The van der Waals surface area contributed by atoms with Crippen LogP contribution in [-0.4, -0.2) is 32.7 Å².